The van der Waals surface area contributed by atoms with E-state index in [0.29, 0.717) is 0 Å². The maximum Gasteiger partial charge on any atom is 0.345 e. The summed E-state index contributed by atoms with van der Waals surface area (Å²) in [6, 6.07) is 22.0. The Bertz CT molecular complexity index is 1020. The van der Waals surface area contributed by atoms with Crippen molar-refractivity contribution in [1.82, 2.24) is 9.97 Å². The van der Waals surface area contributed by atoms with Crippen LogP contribution in [0.3, 0.4) is 0 Å². The van der Waals surface area contributed by atoms with Gasteiger partial charge in [-0.15, -0.1) is 0 Å². The Balaban J connectivity index is 2.06. The fourth-order valence-electron chi connectivity index (χ4n) is 2.66. The highest BCUT2D eigenvalue weighted by Crippen LogP contribution is 2.27. The Hall–Kier alpha value is -2.94. The van der Waals surface area contributed by atoms with Gasteiger partial charge in [0.15, 0.2) is 0 Å². The summed E-state index contributed by atoms with van der Waals surface area (Å²) in [5.74, 6) is 0. The molecule has 0 radical (unpaired) electrons. The van der Waals surface area contributed by atoms with Crippen molar-refractivity contribution >= 4 is 21.7 Å². The van der Waals surface area contributed by atoms with Gasteiger partial charge in [-0.1, -0.05) is 54.6 Å². The number of rotatable bonds is 1. The zero-order valence-corrected chi connectivity index (χ0v) is 11.2. The quantitative estimate of drug-likeness (QED) is 0.573. The Kier molecular flexibility index (Phi) is 2.57. The third kappa shape index (κ3) is 1.99. The van der Waals surface area contributed by atoms with Crippen LogP contribution in [0, 0.1) is 0 Å². The summed E-state index contributed by atoms with van der Waals surface area (Å²) >= 11 is 0. The molecule has 4 aromatic rings. The molecule has 3 aromatic carbocycles. The van der Waals surface area contributed by atoms with Crippen molar-refractivity contribution in [1.29, 1.82) is 0 Å². The van der Waals surface area contributed by atoms with Crippen LogP contribution in [-0.4, -0.2) is 9.97 Å². The molecule has 0 unspecified atom stereocenters. The third-order valence-corrected chi connectivity index (χ3v) is 3.66. The first-order valence-corrected chi connectivity index (χ1v) is 6.79. The number of hydrogen-bond donors (Lipinski definition) is 1. The third-order valence-electron chi connectivity index (χ3n) is 3.66. The lowest BCUT2D eigenvalue weighted by atomic mass is 10.0. The highest BCUT2D eigenvalue weighted by atomic mass is 16.1. The molecule has 3 heteroatoms. The second-order valence-corrected chi connectivity index (χ2v) is 5.00. The topological polar surface area (TPSA) is 45.8 Å². The number of nitrogens with zero attached hydrogens (tertiary/aromatic N) is 1. The summed E-state index contributed by atoms with van der Waals surface area (Å²) in [6.45, 7) is 0. The van der Waals surface area contributed by atoms with Crippen molar-refractivity contribution in [2.24, 2.45) is 0 Å². The Morgan fingerprint density at radius 3 is 2.48 bits per heavy atom. The highest BCUT2D eigenvalue weighted by molar-refractivity contribution is 5.95. The standard InChI is InChI=1S/C18H12N2O/c21-18-19-16-8-4-3-7-15(16)17(20-18)14-10-9-12-5-1-2-6-13(12)11-14/h1-11H,(H,19,20,21). The van der Waals surface area contributed by atoms with Crippen molar-refractivity contribution in [3.05, 3.63) is 77.2 Å². The Labute approximate surface area is 120 Å². The van der Waals surface area contributed by atoms with Crippen LogP contribution in [0.5, 0.6) is 0 Å². The molecule has 1 aromatic heterocycles. The number of para-hydroxylation sites is 1. The highest BCUT2D eigenvalue weighted by Gasteiger charge is 2.07. The molecule has 0 atom stereocenters. The number of fused-ring (bicyclic) bond motifs is 2. The Morgan fingerprint density at radius 2 is 1.57 bits per heavy atom. The van der Waals surface area contributed by atoms with Crippen molar-refractivity contribution in [2.75, 3.05) is 0 Å². The van der Waals surface area contributed by atoms with Gasteiger partial charge in [-0.2, -0.15) is 4.98 Å². The molecule has 1 heterocycles. The smallest absolute Gasteiger partial charge is 0.305 e. The van der Waals surface area contributed by atoms with Gasteiger partial charge < -0.3 is 4.98 Å². The summed E-state index contributed by atoms with van der Waals surface area (Å²) in [4.78, 5) is 18.7. The molecule has 21 heavy (non-hydrogen) atoms. The monoisotopic (exact) mass is 272 g/mol. The van der Waals surface area contributed by atoms with Crippen LogP contribution in [-0.2, 0) is 0 Å². The fourth-order valence-corrected chi connectivity index (χ4v) is 2.66. The van der Waals surface area contributed by atoms with E-state index in [1.165, 1.54) is 5.39 Å². The molecule has 100 valence electrons. The largest absolute Gasteiger partial charge is 0.345 e. The number of nitrogens with one attached hydrogen (secondary N) is 1. The summed E-state index contributed by atoms with van der Waals surface area (Å²) < 4.78 is 0. The first kappa shape index (κ1) is 11.9. The molecule has 0 bridgehead atoms. The number of H-pyrrole nitrogens is 1. The van der Waals surface area contributed by atoms with Gasteiger partial charge in [0.05, 0.1) is 11.2 Å². The number of aromatic nitrogens is 2. The van der Waals surface area contributed by atoms with Gasteiger partial charge in [-0.25, -0.2) is 4.79 Å². The molecule has 0 fully saturated rings. The van der Waals surface area contributed by atoms with Gasteiger partial charge in [-0.05, 0) is 22.9 Å². The predicted octanol–water partition coefficient (Wildman–Crippen LogP) is 3.74. The molecule has 0 aliphatic heterocycles. The normalized spacial score (nSPS) is 11.0. The zero-order valence-electron chi connectivity index (χ0n) is 11.2. The first-order chi connectivity index (χ1) is 10.3. The molecule has 0 saturated carbocycles. The molecule has 0 aliphatic rings. The number of aromatic amines is 1. The molecule has 0 saturated heterocycles. The van der Waals surface area contributed by atoms with E-state index in [0.717, 1.165) is 27.5 Å². The molecule has 1 N–H and O–H groups in total. The average molecular weight is 272 g/mol. The molecule has 0 aliphatic carbocycles. The van der Waals surface area contributed by atoms with Gasteiger partial charge in [0.25, 0.3) is 0 Å². The molecule has 4 rings (SSSR count). The van der Waals surface area contributed by atoms with E-state index in [1.807, 2.05) is 42.5 Å². The molecule has 3 nitrogen and oxygen atoms in total. The fraction of sp³-hybridized carbons (Fsp3) is 0. The zero-order chi connectivity index (χ0) is 14.2. The van der Waals surface area contributed by atoms with Crippen LogP contribution in [0.2, 0.25) is 0 Å². The predicted molar refractivity (Wildman–Crippen MR) is 85.3 cm³/mol. The minimum absolute atomic E-state index is 0.322. The Morgan fingerprint density at radius 1 is 0.810 bits per heavy atom. The van der Waals surface area contributed by atoms with Crippen LogP contribution < -0.4 is 5.69 Å². The lowest BCUT2D eigenvalue weighted by molar-refractivity contribution is 1.12. The minimum Gasteiger partial charge on any atom is -0.305 e. The maximum atomic E-state index is 11.8. The summed E-state index contributed by atoms with van der Waals surface area (Å²) in [6.07, 6.45) is 0. The number of hydrogen-bond acceptors (Lipinski definition) is 2. The summed E-state index contributed by atoms with van der Waals surface area (Å²) in [5, 5.41) is 3.27. The van der Waals surface area contributed by atoms with Crippen LogP contribution in [0.1, 0.15) is 0 Å². The number of benzene rings is 3. The van der Waals surface area contributed by atoms with E-state index in [2.05, 4.69) is 34.2 Å². The van der Waals surface area contributed by atoms with Crippen molar-refractivity contribution in [2.45, 2.75) is 0 Å². The van der Waals surface area contributed by atoms with E-state index in [-0.39, 0.29) is 5.69 Å². The molecule has 0 amide bonds. The summed E-state index contributed by atoms with van der Waals surface area (Å²) in [5.41, 5.74) is 2.16. The second kappa shape index (κ2) is 4.56. The van der Waals surface area contributed by atoms with Gasteiger partial charge in [0.1, 0.15) is 0 Å². The molecular weight excluding hydrogens is 260 g/mol. The van der Waals surface area contributed by atoms with Crippen LogP contribution in [0.25, 0.3) is 32.9 Å². The van der Waals surface area contributed by atoms with Crippen LogP contribution in [0.15, 0.2) is 71.5 Å². The van der Waals surface area contributed by atoms with Crippen LogP contribution >= 0.6 is 0 Å². The SMILES string of the molecule is O=c1nc(-c2ccc3ccccc3c2)c2ccccc2[nH]1. The van der Waals surface area contributed by atoms with E-state index >= 15 is 0 Å². The van der Waals surface area contributed by atoms with Gasteiger partial charge in [0.2, 0.25) is 0 Å². The molecular formula is C18H12N2O. The average Bonchev–Trinajstić information content (AvgIpc) is 2.53. The van der Waals surface area contributed by atoms with Gasteiger partial charge in [0, 0.05) is 10.9 Å². The maximum absolute atomic E-state index is 11.8. The van der Waals surface area contributed by atoms with E-state index in [9.17, 15) is 4.79 Å². The van der Waals surface area contributed by atoms with Gasteiger partial charge >= 0.3 is 5.69 Å². The second-order valence-electron chi connectivity index (χ2n) is 5.00. The van der Waals surface area contributed by atoms with Crippen LogP contribution in [0.4, 0.5) is 0 Å². The van der Waals surface area contributed by atoms with E-state index < -0.39 is 0 Å². The van der Waals surface area contributed by atoms with Crippen molar-refractivity contribution < 1.29 is 0 Å². The van der Waals surface area contributed by atoms with E-state index in [4.69, 9.17) is 0 Å². The lowest BCUT2D eigenvalue weighted by Gasteiger charge is -2.06. The van der Waals surface area contributed by atoms with Crippen molar-refractivity contribution in [3.8, 4) is 11.3 Å². The lowest BCUT2D eigenvalue weighted by Crippen LogP contribution is -2.11. The molecule has 0 spiro atoms. The van der Waals surface area contributed by atoms with E-state index in [1.54, 1.807) is 0 Å². The van der Waals surface area contributed by atoms with Crippen molar-refractivity contribution in [3.63, 3.8) is 0 Å². The van der Waals surface area contributed by atoms with Gasteiger partial charge in [-0.3, -0.25) is 0 Å². The summed E-state index contributed by atoms with van der Waals surface area (Å²) in [7, 11) is 0. The first-order valence-electron chi connectivity index (χ1n) is 6.79. The minimum atomic E-state index is -0.322.